The number of ether oxygens (including phenoxy) is 2. The minimum absolute atomic E-state index is 0.0874. The maximum atomic E-state index is 13.6. The van der Waals surface area contributed by atoms with Gasteiger partial charge < -0.3 is 20.1 Å². The molecular weight excluding hydrogens is 447 g/mol. The maximum absolute atomic E-state index is 13.6. The first-order chi connectivity index (χ1) is 15.9. The van der Waals surface area contributed by atoms with Crippen LogP contribution in [0.3, 0.4) is 0 Å². The van der Waals surface area contributed by atoms with Crippen LogP contribution in [0.4, 0.5) is 15.1 Å². The number of anilines is 2. The molecule has 3 aromatic rings. The molecule has 170 valence electrons. The van der Waals surface area contributed by atoms with Crippen molar-refractivity contribution in [3.63, 3.8) is 0 Å². The van der Waals surface area contributed by atoms with Gasteiger partial charge in [-0.2, -0.15) is 0 Å². The molecule has 1 atom stereocenters. The van der Waals surface area contributed by atoms with E-state index in [9.17, 15) is 18.8 Å². The second kappa shape index (κ2) is 9.41. The number of carbonyl (C=O) groups is 3. The van der Waals surface area contributed by atoms with E-state index in [0.29, 0.717) is 21.9 Å². The van der Waals surface area contributed by atoms with Gasteiger partial charge in [-0.05, 0) is 42.3 Å². The second-order valence-electron chi connectivity index (χ2n) is 7.33. The summed E-state index contributed by atoms with van der Waals surface area (Å²) in [6.45, 7) is 1.87. The van der Waals surface area contributed by atoms with Crippen molar-refractivity contribution in [1.82, 2.24) is 0 Å². The van der Waals surface area contributed by atoms with Gasteiger partial charge in [0.15, 0.2) is 0 Å². The molecule has 0 spiro atoms. The number of hydrogen-bond donors (Lipinski definition) is 2. The number of hydrogen-bond acceptors (Lipinski definition) is 6. The summed E-state index contributed by atoms with van der Waals surface area (Å²) in [5, 5.41) is 7.46. The highest BCUT2D eigenvalue weighted by Gasteiger charge is 2.32. The third-order valence-electron chi connectivity index (χ3n) is 5.28. The maximum Gasteiger partial charge on any atom is 0.341 e. The Morgan fingerprint density at radius 1 is 1.21 bits per heavy atom. The normalized spacial score (nSPS) is 14.8. The van der Waals surface area contributed by atoms with E-state index < -0.39 is 23.6 Å². The Morgan fingerprint density at radius 2 is 1.97 bits per heavy atom. The van der Waals surface area contributed by atoms with Crippen molar-refractivity contribution < 1.29 is 28.2 Å². The highest BCUT2D eigenvalue weighted by molar-refractivity contribution is 7.15. The average Bonchev–Trinajstić information content (AvgIpc) is 3.21. The number of amides is 2. The minimum atomic E-state index is -0.823. The molecule has 2 N–H and O–H groups in total. The van der Waals surface area contributed by atoms with Gasteiger partial charge in [0, 0.05) is 23.1 Å². The van der Waals surface area contributed by atoms with Gasteiger partial charge in [0.2, 0.25) is 11.8 Å². The summed E-state index contributed by atoms with van der Waals surface area (Å²) in [6.07, 6.45) is -0.0874. The molecule has 9 heteroatoms. The van der Waals surface area contributed by atoms with Crippen LogP contribution in [-0.4, -0.2) is 31.5 Å². The lowest BCUT2D eigenvalue weighted by molar-refractivity contribution is -0.123. The molecule has 0 fully saturated rings. The Kier molecular flexibility index (Phi) is 6.41. The molecule has 0 saturated carbocycles. The number of thiophene rings is 1. The summed E-state index contributed by atoms with van der Waals surface area (Å²) < 4.78 is 24.0. The fraction of sp³-hybridized carbons (Fsp3) is 0.208. The summed E-state index contributed by atoms with van der Waals surface area (Å²) >= 11 is 1.19. The van der Waals surface area contributed by atoms with Gasteiger partial charge in [-0.15, -0.1) is 11.3 Å². The van der Waals surface area contributed by atoms with Crippen LogP contribution in [0.25, 0.3) is 11.1 Å². The quantitative estimate of drug-likeness (QED) is 0.507. The predicted molar refractivity (Wildman–Crippen MR) is 123 cm³/mol. The molecule has 2 aromatic carbocycles. The molecule has 0 radical (unpaired) electrons. The van der Waals surface area contributed by atoms with Crippen molar-refractivity contribution in [2.45, 2.75) is 19.3 Å². The van der Waals surface area contributed by atoms with Crippen molar-refractivity contribution in [1.29, 1.82) is 0 Å². The zero-order valence-electron chi connectivity index (χ0n) is 17.9. The number of benzene rings is 2. The number of halogens is 1. The van der Waals surface area contributed by atoms with Crippen LogP contribution < -0.4 is 15.4 Å². The van der Waals surface area contributed by atoms with Gasteiger partial charge in [-0.25, -0.2) is 9.18 Å². The van der Waals surface area contributed by atoms with Crippen molar-refractivity contribution >= 4 is 39.8 Å². The summed E-state index contributed by atoms with van der Waals surface area (Å²) in [4.78, 5) is 38.1. The summed E-state index contributed by atoms with van der Waals surface area (Å²) in [7, 11) is 1.56. The zero-order chi connectivity index (χ0) is 23.5. The molecule has 1 unspecified atom stereocenters. The van der Waals surface area contributed by atoms with Crippen LogP contribution >= 0.6 is 11.3 Å². The SMILES string of the molecule is CCOC(=O)c1c(-c2ccc(OC)cc2)csc1NC(=O)C1CC(=O)Nc2cc(F)ccc21. The molecule has 1 aromatic heterocycles. The van der Waals surface area contributed by atoms with E-state index in [1.807, 2.05) is 12.1 Å². The van der Waals surface area contributed by atoms with Crippen molar-refractivity contribution in [3.05, 3.63) is 64.8 Å². The number of nitrogens with one attached hydrogen (secondary N) is 2. The van der Waals surface area contributed by atoms with Gasteiger partial charge in [0.25, 0.3) is 0 Å². The lowest BCUT2D eigenvalue weighted by atomic mass is 9.89. The molecule has 1 aliphatic rings. The number of carbonyl (C=O) groups excluding carboxylic acids is 3. The molecule has 0 aliphatic carbocycles. The first-order valence-corrected chi connectivity index (χ1v) is 11.1. The molecule has 2 amide bonds. The molecule has 0 saturated heterocycles. The van der Waals surface area contributed by atoms with Crippen LogP contribution in [0.2, 0.25) is 0 Å². The fourth-order valence-corrected chi connectivity index (χ4v) is 4.67. The highest BCUT2D eigenvalue weighted by Crippen LogP contribution is 2.39. The van der Waals surface area contributed by atoms with Crippen LogP contribution in [0.15, 0.2) is 47.8 Å². The van der Waals surface area contributed by atoms with E-state index in [4.69, 9.17) is 9.47 Å². The minimum Gasteiger partial charge on any atom is -0.497 e. The lowest BCUT2D eigenvalue weighted by Crippen LogP contribution is -2.31. The smallest absolute Gasteiger partial charge is 0.341 e. The number of rotatable bonds is 6. The van der Waals surface area contributed by atoms with Gasteiger partial charge in [0.1, 0.15) is 22.1 Å². The topological polar surface area (TPSA) is 93.7 Å². The van der Waals surface area contributed by atoms with Crippen LogP contribution in [-0.2, 0) is 14.3 Å². The average molecular weight is 469 g/mol. The highest BCUT2D eigenvalue weighted by atomic mass is 32.1. The number of fused-ring (bicyclic) bond motifs is 1. The van der Waals surface area contributed by atoms with Crippen molar-refractivity contribution in [2.24, 2.45) is 0 Å². The number of methoxy groups -OCH3 is 1. The van der Waals surface area contributed by atoms with E-state index in [0.717, 1.165) is 5.56 Å². The Labute approximate surface area is 193 Å². The zero-order valence-corrected chi connectivity index (χ0v) is 18.8. The Morgan fingerprint density at radius 3 is 2.67 bits per heavy atom. The van der Waals surface area contributed by atoms with Crippen molar-refractivity contribution in [2.75, 3.05) is 24.4 Å². The Balaban J connectivity index is 1.68. The molecule has 33 heavy (non-hydrogen) atoms. The van der Waals surface area contributed by atoms with E-state index in [-0.39, 0.29) is 30.2 Å². The standard InChI is InChI=1S/C24H21FN2O5S/c1-3-32-24(30)21-18(13-4-7-15(31-2)8-5-13)12-33-23(21)27-22(29)17-11-20(28)26-19-10-14(25)6-9-16(17)19/h4-10,12,17H,3,11H2,1-2H3,(H,26,28)(H,27,29). The van der Waals surface area contributed by atoms with Gasteiger partial charge >= 0.3 is 5.97 Å². The van der Waals surface area contributed by atoms with E-state index in [1.165, 1.54) is 29.5 Å². The first kappa shape index (κ1) is 22.5. The predicted octanol–water partition coefficient (Wildman–Crippen LogP) is 4.80. The Bertz CT molecular complexity index is 1220. The summed E-state index contributed by atoms with van der Waals surface area (Å²) in [5.74, 6) is -2.08. The van der Waals surface area contributed by atoms with Crippen LogP contribution in [0.5, 0.6) is 5.75 Å². The van der Waals surface area contributed by atoms with Crippen LogP contribution in [0, 0.1) is 5.82 Å². The largest absolute Gasteiger partial charge is 0.497 e. The van der Waals surface area contributed by atoms with Crippen molar-refractivity contribution in [3.8, 4) is 16.9 Å². The molecule has 0 bridgehead atoms. The summed E-state index contributed by atoms with van der Waals surface area (Å²) in [6, 6.07) is 11.1. The van der Waals surface area contributed by atoms with E-state index in [1.54, 1.807) is 31.5 Å². The Hall–Kier alpha value is -3.72. The molecule has 7 nitrogen and oxygen atoms in total. The van der Waals surface area contributed by atoms with Gasteiger partial charge in [0.05, 0.1) is 19.6 Å². The molecule has 4 rings (SSSR count). The molecule has 1 aliphatic heterocycles. The summed E-state index contributed by atoms with van der Waals surface area (Å²) in [5.41, 5.74) is 2.38. The van der Waals surface area contributed by atoms with E-state index in [2.05, 4.69) is 10.6 Å². The third kappa shape index (κ3) is 4.58. The van der Waals surface area contributed by atoms with Crippen LogP contribution in [0.1, 0.15) is 35.2 Å². The molecular formula is C24H21FN2O5S. The lowest BCUT2D eigenvalue weighted by Gasteiger charge is -2.24. The first-order valence-electron chi connectivity index (χ1n) is 10.2. The van der Waals surface area contributed by atoms with Gasteiger partial charge in [-0.1, -0.05) is 18.2 Å². The van der Waals surface area contributed by atoms with E-state index >= 15 is 0 Å². The second-order valence-corrected chi connectivity index (χ2v) is 8.21. The third-order valence-corrected chi connectivity index (χ3v) is 6.17. The molecule has 2 heterocycles. The fourth-order valence-electron chi connectivity index (χ4n) is 3.71. The monoisotopic (exact) mass is 468 g/mol. The number of esters is 1. The van der Waals surface area contributed by atoms with Gasteiger partial charge in [-0.3, -0.25) is 9.59 Å².